The number of carbonyl (C=O) groups excluding carboxylic acids is 1. The van der Waals surface area contributed by atoms with Crippen LogP contribution in [0.4, 0.5) is 4.79 Å². The number of nitrogens with one attached hydrogen (secondary N) is 2. The largest absolute Gasteiger partial charge is 0.333 e. The van der Waals surface area contributed by atoms with E-state index in [1.807, 2.05) is 25.7 Å². The summed E-state index contributed by atoms with van der Waals surface area (Å²) in [6.07, 6.45) is 2.06. The standard InChI is InChI=1S/C29H45N5O/c1-29(2,3)31-28(35)34-20-11-19-32(24-26-12-6-4-7-13-26)21-17-30-16-10-18-33(22-23-34)25-27-14-8-5-9-15-27/h4-9,12-15,30H,10-11,16-25H2,1-3H3,(H,31,35). The van der Waals surface area contributed by atoms with Crippen LogP contribution in [0.1, 0.15) is 44.7 Å². The number of hydrogen-bond donors (Lipinski definition) is 2. The Morgan fingerprint density at radius 2 is 1.31 bits per heavy atom. The third-order valence-corrected chi connectivity index (χ3v) is 6.29. The lowest BCUT2D eigenvalue weighted by Crippen LogP contribution is -2.51. The van der Waals surface area contributed by atoms with Crippen LogP contribution in [0.15, 0.2) is 60.7 Å². The van der Waals surface area contributed by atoms with E-state index in [4.69, 9.17) is 0 Å². The van der Waals surface area contributed by atoms with Gasteiger partial charge >= 0.3 is 6.03 Å². The molecule has 0 saturated carbocycles. The topological polar surface area (TPSA) is 50.9 Å². The molecule has 35 heavy (non-hydrogen) atoms. The molecule has 0 atom stereocenters. The number of nitrogens with zero attached hydrogens (tertiary/aromatic N) is 3. The van der Waals surface area contributed by atoms with E-state index in [-0.39, 0.29) is 11.6 Å². The Bertz CT molecular complexity index is 852. The lowest BCUT2D eigenvalue weighted by atomic mass is 10.1. The third-order valence-electron chi connectivity index (χ3n) is 6.29. The lowest BCUT2D eigenvalue weighted by Gasteiger charge is -2.32. The smallest absolute Gasteiger partial charge is 0.317 e. The first-order chi connectivity index (χ1) is 16.9. The van der Waals surface area contributed by atoms with Crippen LogP contribution in [0.5, 0.6) is 0 Å². The van der Waals surface area contributed by atoms with Crippen molar-refractivity contribution in [2.75, 3.05) is 52.4 Å². The van der Waals surface area contributed by atoms with Crippen LogP contribution >= 0.6 is 0 Å². The van der Waals surface area contributed by atoms with Gasteiger partial charge in [-0.25, -0.2) is 4.79 Å². The molecule has 0 unspecified atom stereocenters. The van der Waals surface area contributed by atoms with Crippen molar-refractivity contribution in [2.24, 2.45) is 0 Å². The fourth-order valence-electron chi connectivity index (χ4n) is 4.47. The predicted octanol–water partition coefficient (Wildman–Crippen LogP) is 4.18. The third kappa shape index (κ3) is 10.8. The fourth-order valence-corrected chi connectivity index (χ4v) is 4.47. The average molecular weight is 480 g/mol. The summed E-state index contributed by atoms with van der Waals surface area (Å²) in [5, 5.41) is 6.83. The van der Waals surface area contributed by atoms with Crippen molar-refractivity contribution in [3.05, 3.63) is 71.8 Å². The summed E-state index contributed by atoms with van der Waals surface area (Å²) in [4.78, 5) is 20.2. The van der Waals surface area contributed by atoms with Gasteiger partial charge in [0.15, 0.2) is 0 Å². The quantitative estimate of drug-likeness (QED) is 0.691. The van der Waals surface area contributed by atoms with Crippen molar-refractivity contribution in [1.29, 1.82) is 0 Å². The van der Waals surface area contributed by atoms with Gasteiger partial charge < -0.3 is 15.5 Å². The second-order valence-corrected chi connectivity index (χ2v) is 10.6. The van der Waals surface area contributed by atoms with E-state index in [1.54, 1.807) is 0 Å². The summed E-state index contributed by atoms with van der Waals surface area (Å²) in [5.41, 5.74) is 2.42. The van der Waals surface area contributed by atoms with Crippen LogP contribution in [-0.4, -0.2) is 78.6 Å². The minimum Gasteiger partial charge on any atom is -0.333 e. The molecule has 6 heteroatoms. The summed E-state index contributed by atoms with van der Waals surface area (Å²) in [6.45, 7) is 15.4. The zero-order valence-corrected chi connectivity index (χ0v) is 22.0. The number of carbonyl (C=O) groups is 1. The van der Waals surface area contributed by atoms with Gasteiger partial charge in [-0.05, 0) is 57.8 Å². The molecule has 0 aromatic heterocycles. The number of benzene rings is 2. The average Bonchev–Trinajstić information content (AvgIpc) is 2.82. The van der Waals surface area contributed by atoms with Gasteiger partial charge in [0.1, 0.15) is 0 Å². The number of hydrogen-bond acceptors (Lipinski definition) is 4. The van der Waals surface area contributed by atoms with Crippen molar-refractivity contribution < 1.29 is 4.79 Å². The van der Waals surface area contributed by atoms with Gasteiger partial charge in [-0.2, -0.15) is 0 Å². The second-order valence-electron chi connectivity index (χ2n) is 10.6. The maximum Gasteiger partial charge on any atom is 0.317 e. The Balaban J connectivity index is 1.66. The number of rotatable bonds is 4. The van der Waals surface area contributed by atoms with Crippen molar-refractivity contribution in [2.45, 2.75) is 52.2 Å². The fraction of sp³-hybridized carbons (Fsp3) is 0.552. The molecule has 0 aliphatic carbocycles. The van der Waals surface area contributed by atoms with E-state index in [0.717, 1.165) is 78.3 Å². The molecule has 1 saturated heterocycles. The molecule has 0 spiro atoms. The van der Waals surface area contributed by atoms with E-state index in [9.17, 15) is 4.79 Å². The van der Waals surface area contributed by atoms with Gasteiger partial charge in [0.2, 0.25) is 0 Å². The van der Waals surface area contributed by atoms with Crippen LogP contribution in [0, 0.1) is 0 Å². The molecular formula is C29H45N5O. The SMILES string of the molecule is CC(C)(C)NC(=O)N1CCCN(Cc2ccccc2)CCNCCCN(Cc2ccccc2)CC1. The monoisotopic (exact) mass is 479 g/mol. The number of amides is 2. The Morgan fingerprint density at radius 3 is 1.91 bits per heavy atom. The Kier molecular flexibility index (Phi) is 11.0. The van der Waals surface area contributed by atoms with E-state index in [1.165, 1.54) is 11.1 Å². The Hall–Kier alpha value is -2.41. The minimum absolute atomic E-state index is 0.0422. The normalized spacial score (nSPS) is 18.1. The van der Waals surface area contributed by atoms with Gasteiger partial charge in [-0.3, -0.25) is 9.80 Å². The first-order valence-corrected chi connectivity index (χ1v) is 13.2. The highest BCUT2D eigenvalue weighted by atomic mass is 16.2. The summed E-state index contributed by atoms with van der Waals surface area (Å²) < 4.78 is 0. The molecule has 2 aromatic rings. The first kappa shape index (κ1) is 27.2. The molecule has 6 nitrogen and oxygen atoms in total. The summed E-state index contributed by atoms with van der Waals surface area (Å²) >= 11 is 0. The van der Waals surface area contributed by atoms with E-state index < -0.39 is 0 Å². The van der Waals surface area contributed by atoms with Crippen LogP contribution < -0.4 is 10.6 Å². The first-order valence-electron chi connectivity index (χ1n) is 13.2. The molecule has 2 amide bonds. The van der Waals surface area contributed by atoms with E-state index in [0.29, 0.717) is 0 Å². The van der Waals surface area contributed by atoms with Crippen molar-refractivity contribution in [3.8, 4) is 0 Å². The van der Waals surface area contributed by atoms with Crippen LogP contribution in [0.3, 0.4) is 0 Å². The molecule has 0 radical (unpaired) electrons. The highest BCUT2D eigenvalue weighted by Crippen LogP contribution is 2.09. The minimum atomic E-state index is -0.245. The number of urea groups is 1. The Morgan fingerprint density at radius 1 is 0.743 bits per heavy atom. The van der Waals surface area contributed by atoms with Gasteiger partial charge in [0, 0.05) is 57.9 Å². The molecule has 192 valence electrons. The van der Waals surface area contributed by atoms with Crippen LogP contribution in [0.2, 0.25) is 0 Å². The maximum absolute atomic E-state index is 13.2. The van der Waals surface area contributed by atoms with Crippen LogP contribution in [0.25, 0.3) is 0 Å². The molecule has 1 aliphatic heterocycles. The van der Waals surface area contributed by atoms with Crippen LogP contribution in [-0.2, 0) is 13.1 Å². The maximum atomic E-state index is 13.2. The van der Waals surface area contributed by atoms with Gasteiger partial charge in [-0.15, -0.1) is 0 Å². The molecule has 0 bridgehead atoms. The highest BCUT2D eigenvalue weighted by Gasteiger charge is 2.21. The molecule has 1 aliphatic rings. The predicted molar refractivity (Wildman–Crippen MR) is 145 cm³/mol. The van der Waals surface area contributed by atoms with E-state index in [2.05, 4.69) is 81.1 Å². The van der Waals surface area contributed by atoms with Gasteiger partial charge in [0.25, 0.3) is 0 Å². The van der Waals surface area contributed by atoms with Crippen molar-refractivity contribution in [1.82, 2.24) is 25.3 Å². The van der Waals surface area contributed by atoms with Gasteiger partial charge in [-0.1, -0.05) is 60.7 Å². The molecule has 2 N–H and O–H groups in total. The molecule has 3 rings (SSSR count). The molecule has 2 aromatic carbocycles. The summed E-state index contributed by atoms with van der Waals surface area (Å²) in [6, 6.07) is 21.4. The van der Waals surface area contributed by atoms with Gasteiger partial charge in [0.05, 0.1) is 0 Å². The zero-order chi connectivity index (χ0) is 24.9. The molecular weight excluding hydrogens is 434 g/mol. The lowest BCUT2D eigenvalue weighted by molar-refractivity contribution is 0.164. The Labute approximate surface area is 212 Å². The second kappa shape index (κ2) is 14.2. The zero-order valence-electron chi connectivity index (χ0n) is 22.0. The van der Waals surface area contributed by atoms with Crippen molar-refractivity contribution in [3.63, 3.8) is 0 Å². The summed E-state index contributed by atoms with van der Waals surface area (Å²) in [5.74, 6) is 0. The molecule has 1 fully saturated rings. The molecule has 1 heterocycles. The van der Waals surface area contributed by atoms with E-state index >= 15 is 0 Å². The highest BCUT2D eigenvalue weighted by molar-refractivity contribution is 5.74. The summed E-state index contributed by atoms with van der Waals surface area (Å²) in [7, 11) is 0. The van der Waals surface area contributed by atoms with Crippen molar-refractivity contribution >= 4 is 6.03 Å².